The Balaban J connectivity index is 1.69. The largest absolute Gasteiger partial charge is 0.380 e. The molecule has 5 heteroatoms. The second-order valence-electron chi connectivity index (χ2n) is 6.09. The number of hydrogen-bond donors (Lipinski definition) is 0. The highest BCUT2D eigenvalue weighted by molar-refractivity contribution is 6.03. The van der Waals surface area contributed by atoms with Gasteiger partial charge in [-0.1, -0.05) is 40.7 Å². The number of ketones is 1. The lowest BCUT2D eigenvalue weighted by molar-refractivity contribution is -0.0865. The molecule has 1 heterocycles. The summed E-state index contributed by atoms with van der Waals surface area (Å²) in [7, 11) is 0. The van der Waals surface area contributed by atoms with Crippen LogP contribution in [0.15, 0.2) is 48.5 Å². The highest BCUT2D eigenvalue weighted by atomic mass is 16.7. The van der Waals surface area contributed by atoms with Crippen molar-refractivity contribution in [2.75, 3.05) is 0 Å². The zero-order chi connectivity index (χ0) is 15.9. The lowest BCUT2D eigenvalue weighted by atomic mass is 9.75. The van der Waals surface area contributed by atoms with Gasteiger partial charge in [0.15, 0.2) is 5.60 Å². The zero-order valence-corrected chi connectivity index (χ0v) is 12.9. The van der Waals surface area contributed by atoms with Crippen LogP contribution >= 0.6 is 0 Å². The third kappa shape index (κ3) is 2.29. The van der Waals surface area contributed by atoms with Crippen LogP contribution in [0.25, 0.3) is 11.0 Å². The van der Waals surface area contributed by atoms with Gasteiger partial charge >= 0.3 is 0 Å². The lowest BCUT2D eigenvalue weighted by Crippen LogP contribution is -2.54. The first-order valence-electron chi connectivity index (χ1n) is 7.79. The van der Waals surface area contributed by atoms with Crippen molar-refractivity contribution in [2.24, 2.45) is 0 Å². The molecule has 116 valence electrons. The summed E-state index contributed by atoms with van der Waals surface area (Å²) >= 11 is 0. The fourth-order valence-electron chi connectivity index (χ4n) is 2.99. The van der Waals surface area contributed by atoms with E-state index >= 15 is 0 Å². The molecule has 23 heavy (non-hydrogen) atoms. The maximum atomic E-state index is 13.0. The van der Waals surface area contributed by atoms with E-state index in [9.17, 15) is 4.79 Å². The number of fused-ring (bicyclic) bond motifs is 1. The molecule has 1 saturated carbocycles. The number of aromatic nitrogens is 3. The van der Waals surface area contributed by atoms with Crippen LogP contribution in [0.4, 0.5) is 0 Å². The fourth-order valence-corrected chi connectivity index (χ4v) is 2.99. The van der Waals surface area contributed by atoms with Gasteiger partial charge in [-0.2, -0.15) is 0 Å². The molecule has 3 aromatic rings. The Morgan fingerprint density at radius 3 is 2.74 bits per heavy atom. The van der Waals surface area contributed by atoms with Gasteiger partial charge in [0, 0.05) is 5.56 Å². The molecule has 0 amide bonds. The number of para-hydroxylation sites is 1. The Kier molecular flexibility index (Phi) is 3.15. The normalized spacial score (nSPS) is 16.0. The van der Waals surface area contributed by atoms with Crippen LogP contribution in [0.2, 0.25) is 0 Å². The molecule has 1 aromatic heterocycles. The minimum atomic E-state index is -0.829. The molecule has 0 bridgehead atoms. The van der Waals surface area contributed by atoms with Gasteiger partial charge < -0.3 is 4.84 Å². The van der Waals surface area contributed by atoms with E-state index < -0.39 is 5.60 Å². The van der Waals surface area contributed by atoms with Crippen molar-refractivity contribution < 1.29 is 9.63 Å². The molecular formula is C18H17N3O2. The number of nitrogens with zero attached hydrogens (tertiary/aromatic N) is 3. The number of carbonyl (C=O) groups is 1. The zero-order valence-electron chi connectivity index (χ0n) is 12.9. The molecule has 0 spiro atoms. The monoisotopic (exact) mass is 307 g/mol. The Hall–Kier alpha value is -2.69. The summed E-state index contributed by atoms with van der Waals surface area (Å²) in [6, 6.07) is 15.2. The molecule has 0 saturated heterocycles. The SMILES string of the molecule is Cc1cccc(C(=O)C2(On3nnc4ccccc43)CCC2)c1. The van der Waals surface area contributed by atoms with Gasteiger partial charge in [0.25, 0.3) is 0 Å². The van der Waals surface area contributed by atoms with Crippen molar-refractivity contribution in [2.45, 2.75) is 31.8 Å². The first kappa shape index (κ1) is 13.9. The van der Waals surface area contributed by atoms with Gasteiger partial charge in [-0.15, -0.1) is 5.10 Å². The number of aryl methyl sites for hydroxylation is 1. The van der Waals surface area contributed by atoms with Crippen molar-refractivity contribution >= 4 is 16.8 Å². The summed E-state index contributed by atoms with van der Waals surface area (Å²) in [6.45, 7) is 1.98. The molecule has 1 fully saturated rings. The van der Waals surface area contributed by atoms with E-state index in [1.165, 1.54) is 4.85 Å². The number of benzene rings is 2. The Bertz CT molecular complexity index is 881. The third-order valence-corrected chi connectivity index (χ3v) is 4.44. The smallest absolute Gasteiger partial charge is 0.209 e. The number of rotatable bonds is 4. The number of carbonyl (C=O) groups excluding carboxylic acids is 1. The Morgan fingerprint density at radius 2 is 2.00 bits per heavy atom. The van der Waals surface area contributed by atoms with Crippen LogP contribution in [0.1, 0.15) is 35.2 Å². The van der Waals surface area contributed by atoms with E-state index in [4.69, 9.17) is 4.84 Å². The van der Waals surface area contributed by atoms with Crippen LogP contribution in [-0.4, -0.2) is 26.5 Å². The van der Waals surface area contributed by atoms with Gasteiger partial charge in [-0.3, -0.25) is 4.79 Å². The molecule has 1 aliphatic rings. The van der Waals surface area contributed by atoms with E-state index in [1.54, 1.807) is 0 Å². The molecule has 0 unspecified atom stereocenters. The molecule has 0 atom stereocenters. The van der Waals surface area contributed by atoms with Crippen molar-refractivity contribution in [3.05, 3.63) is 59.7 Å². The van der Waals surface area contributed by atoms with Crippen LogP contribution in [0.5, 0.6) is 0 Å². The van der Waals surface area contributed by atoms with Crippen molar-refractivity contribution in [1.82, 2.24) is 15.2 Å². The Labute approximate surface area is 133 Å². The van der Waals surface area contributed by atoms with Crippen LogP contribution in [0.3, 0.4) is 0 Å². The summed E-state index contributed by atoms with van der Waals surface area (Å²) in [5.74, 6) is 0.0204. The quantitative estimate of drug-likeness (QED) is 0.695. The van der Waals surface area contributed by atoms with E-state index in [2.05, 4.69) is 10.3 Å². The summed E-state index contributed by atoms with van der Waals surface area (Å²) in [4.78, 5) is 20.4. The van der Waals surface area contributed by atoms with Gasteiger partial charge in [-0.25, -0.2) is 0 Å². The summed E-state index contributed by atoms with van der Waals surface area (Å²) in [6.07, 6.45) is 2.38. The van der Waals surface area contributed by atoms with E-state index in [0.29, 0.717) is 18.4 Å². The van der Waals surface area contributed by atoms with Crippen molar-refractivity contribution in [1.29, 1.82) is 0 Å². The molecule has 0 aliphatic heterocycles. The molecule has 2 aromatic carbocycles. The summed E-state index contributed by atoms with van der Waals surface area (Å²) in [5.41, 5.74) is 2.45. The second-order valence-corrected chi connectivity index (χ2v) is 6.09. The number of hydrogen-bond acceptors (Lipinski definition) is 4. The second kappa shape index (κ2) is 5.19. The third-order valence-electron chi connectivity index (χ3n) is 4.44. The van der Waals surface area contributed by atoms with E-state index in [0.717, 1.165) is 23.0 Å². The van der Waals surface area contributed by atoms with E-state index in [-0.39, 0.29) is 5.78 Å². The highest BCUT2D eigenvalue weighted by Gasteiger charge is 2.48. The van der Waals surface area contributed by atoms with Gasteiger partial charge in [0.1, 0.15) is 11.0 Å². The minimum absolute atomic E-state index is 0.0204. The average molecular weight is 307 g/mol. The lowest BCUT2D eigenvalue weighted by Gasteiger charge is -2.38. The molecule has 0 N–H and O–H groups in total. The molecule has 4 rings (SSSR count). The number of Topliss-reactive ketones (excluding diaryl/α,β-unsaturated/α-hetero) is 1. The molecular weight excluding hydrogens is 290 g/mol. The molecule has 0 radical (unpaired) electrons. The van der Waals surface area contributed by atoms with Crippen LogP contribution < -0.4 is 4.84 Å². The van der Waals surface area contributed by atoms with Crippen LogP contribution in [0, 0.1) is 6.92 Å². The van der Waals surface area contributed by atoms with Gasteiger partial charge in [0.05, 0.1) is 0 Å². The van der Waals surface area contributed by atoms with Crippen molar-refractivity contribution in [3.8, 4) is 0 Å². The fraction of sp³-hybridized carbons (Fsp3) is 0.278. The topological polar surface area (TPSA) is 57.0 Å². The Morgan fingerprint density at radius 1 is 1.17 bits per heavy atom. The predicted octanol–water partition coefficient (Wildman–Crippen LogP) is 2.97. The first-order chi connectivity index (χ1) is 11.2. The van der Waals surface area contributed by atoms with Crippen molar-refractivity contribution in [3.63, 3.8) is 0 Å². The molecule has 1 aliphatic carbocycles. The maximum Gasteiger partial charge on any atom is 0.209 e. The minimum Gasteiger partial charge on any atom is -0.380 e. The van der Waals surface area contributed by atoms with Crippen LogP contribution in [-0.2, 0) is 0 Å². The van der Waals surface area contributed by atoms with E-state index in [1.807, 2.05) is 55.5 Å². The summed E-state index contributed by atoms with van der Waals surface area (Å²) in [5, 5.41) is 8.13. The summed E-state index contributed by atoms with van der Waals surface area (Å²) < 4.78 is 0. The van der Waals surface area contributed by atoms with Gasteiger partial charge in [0.2, 0.25) is 5.78 Å². The highest BCUT2D eigenvalue weighted by Crippen LogP contribution is 2.37. The first-order valence-corrected chi connectivity index (χ1v) is 7.79. The average Bonchev–Trinajstić information content (AvgIpc) is 2.93. The molecule has 5 nitrogen and oxygen atoms in total. The standard InChI is InChI=1S/C18H17N3O2/c1-13-6-4-7-14(12-13)17(22)18(10-5-11-18)23-21-16-9-3-2-8-15(16)19-20-21/h2-4,6-9,12H,5,10-11H2,1H3. The maximum absolute atomic E-state index is 13.0. The predicted molar refractivity (Wildman–Crippen MR) is 86.2 cm³/mol. The van der Waals surface area contributed by atoms with Gasteiger partial charge in [-0.05, 0) is 49.6 Å².